The van der Waals surface area contributed by atoms with Gasteiger partial charge < -0.3 is 19.1 Å². The molecule has 1 unspecified atom stereocenters. The summed E-state index contributed by atoms with van der Waals surface area (Å²) in [7, 11) is -2.15. The van der Waals surface area contributed by atoms with E-state index in [1.807, 2.05) is 20.8 Å². The summed E-state index contributed by atoms with van der Waals surface area (Å²) in [6.45, 7) is 5.55. The minimum Gasteiger partial charge on any atom is -0.744 e. The van der Waals surface area contributed by atoms with Crippen LogP contribution in [0, 0.1) is 0 Å². The van der Waals surface area contributed by atoms with Gasteiger partial charge in [0.2, 0.25) is 0 Å². The second-order valence-electron chi connectivity index (χ2n) is 5.15. The minimum atomic E-state index is -4.78. The minimum absolute atomic E-state index is 0.0346. The maximum absolute atomic E-state index is 11.8. The highest BCUT2D eigenvalue weighted by molar-refractivity contribution is 7.86. The van der Waals surface area contributed by atoms with E-state index in [-0.39, 0.29) is 40.7 Å². The Balaban J connectivity index is 3.99. The van der Waals surface area contributed by atoms with Crippen molar-refractivity contribution in [3.63, 3.8) is 0 Å². The van der Waals surface area contributed by atoms with Crippen molar-refractivity contribution in [1.29, 1.82) is 0 Å². The predicted octanol–water partition coefficient (Wildman–Crippen LogP) is 2.78. The van der Waals surface area contributed by atoms with Gasteiger partial charge in [-0.2, -0.15) is 0 Å². The molecule has 0 radical (unpaired) electrons. The first-order chi connectivity index (χ1) is 10.2. The fraction of sp³-hybridized carbons (Fsp3) is 0.600. The highest BCUT2D eigenvalue weighted by atomic mass is 32.2. The second kappa shape index (κ2) is 7.19. The van der Waals surface area contributed by atoms with Gasteiger partial charge in [-0.05, 0) is 18.8 Å². The van der Waals surface area contributed by atoms with Crippen LogP contribution in [0.3, 0.4) is 0 Å². The summed E-state index contributed by atoms with van der Waals surface area (Å²) in [5.41, 5.74) is 0.456. The zero-order chi connectivity index (χ0) is 17.1. The zero-order valence-corrected chi connectivity index (χ0v) is 14.4. The van der Waals surface area contributed by atoms with E-state index in [4.69, 9.17) is 9.47 Å². The molecule has 6 nitrogen and oxygen atoms in total. The highest BCUT2D eigenvalue weighted by Gasteiger charge is 2.30. The van der Waals surface area contributed by atoms with E-state index in [2.05, 4.69) is 0 Å². The molecule has 0 bridgehead atoms. The fourth-order valence-corrected chi connectivity index (χ4v) is 3.48. The number of phenols is 1. The summed E-state index contributed by atoms with van der Waals surface area (Å²) >= 11 is 0. The maximum atomic E-state index is 11.8. The third-order valence-electron chi connectivity index (χ3n) is 3.73. The SMILES string of the molecule is CCCc1c(OC)c(O)c(C(C)CC)c(OC)c1S(=O)(=O)[O-]. The lowest BCUT2D eigenvalue weighted by molar-refractivity contribution is 0.342. The molecule has 0 aliphatic rings. The van der Waals surface area contributed by atoms with Gasteiger partial charge >= 0.3 is 0 Å². The van der Waals surface area contributed by atoms with Gasteiger partial charge in [0.15, 0.2) is 11.5 Å². The van der Waals surface area contributed by atoms with Crippen molar-refractivity contribution in [3.05, 3.63) is 11.1 Å². The quantitative estimate of drug-likeness (QED) is 0.772. The number of methoxy groups -OCH3 is 2. The standard InChI is InChI=1S/C15H24O6S/c1-6-8-10-13(20-4)12(16)11(9(3)7-2)14(21-5)15(10)22(17,18)19/h9,16H,6-8H2,1-5H3,(H,17,18,19)/p-1. The molecule has 0 amide bonds. The lowest BCUT2D eigenvalue weighted by Crippen LogP contribution is -2.12. The molecule has 1 rings (SSSR count). The smallest absolute Gasteiger partial charge is 0.165 e. The van der Waals surface area contributed by atoms with Crippen molar-refractivity contribution in [2.24, 2.45) is 0 Å². The molecule has 0 saturated heterocycles. The van der Waals surface area contributed by atoms with Gasteiger partial charge in [-0.25, -0.2) is 8.42 Å². The fourth-order valence-electron chi connectivity index (χ4n) is 2.56. The van der Waals surface area contributed by atoms with Crippen LogP contribution in [0.15, 0.2) is 4.90 Å². The molecule has 1 aromatic rings. The number of benzene rings is 1. The van der Waals surface area contributed by atoms with E-state index >= 15 is 0 Å². The number of hydrogen-bond acceptors (Lipinski definition) is 6. The maximum Gasteiger partial charge on any atom is 0.165 e. The molecule has 126 valence electrons. The van der Waals surface area contributed by atoms with E-state index in [9.17, 15) is 18.1 Å². The summed E-state index contributed by atoms with van der Waals surface area (Å²) in [6.07, 6.45) is 1.51. The summed E-state index contributed by atoms with van der Waals surface area (Å²) in [6, 6.07) is 0. The third-order valence-corrected chi connectivity index (χ3v) is 4.66. The van der Waals surface area contributed by atoms with Crippen LogP contribution in [-0.2, 0) is 16.5 Å². The summed E-state index contributed by atoms with van der Waals surface area (Å²) in [5.74, 6) is -0.400. The molecule has 1 aromatic carbocycles. The summed E-state index contributed by atoms with van der Waals surface area (Å²) in [4.78, 5) is -0.429. The predicted molar refractivity (Wildman–Crippen MR) is 81.9 cm³/mol. The summed E-state index contributed by atoms with van der Waals surface area (Å²) < 4.78 is 45.7. The largest absolute Gasteiger partial charge is 0.744 e. The monoisotopic (exact) mass is 331 g/mol. The average molecular weight is 331 g/mol. The number of aromatic hydroxyl groups is 1. The van der Waals surface area contributed by atoms with E-state index in [0.29, 0.717) is 12.8 Å². The Labute approximate surface area is 131 Å². The number of phenolic OH excluding ortho intramolecular Hbond substituents is 1. The molecule has 0 aliphatic heterocycles. The molecule has 0 saturated carbocycles. The van der Waals surface area contributed by atoms with Gasteiger partial charge in [-0.3, -0.25) is 0 Å². The van der Waals surface area contributed by atoms with Gasteiger partial charge in [-0.1, -0.05) is 27.2 Å². The van der Waals surface area contributed by atoms with Crippen molar-refractivity contribution in [1.82, 2.24) is 0 Å². The molecular weight excluding hydrogens is 308 g/mol. The van der Waals surface area contributed by atoms with Crippen LogP contribution in [0.2, 0.25) is 0 Å². The first-order valence-electron chi connectivity index (χ1n) is 7.19. The van der Waals surface area contributed by atoms with Gasteiger partial charge in [0, 0.05) is 11.1 Å². The van der Waals surface area contributed by atoms with Crippen LogP contribution in [0.4, 0.5) is 0 Å². The van der Waals surface area contributed by atoms with Crippen LogP contribution in [0.25, 0.3) is 0 Å². The van der Waals surface area contributed by atoms with Gasteiger partial charge in [0.05, 0.1) is 14.2 Å². The molecule has 0 aliphatic carbocycles. The van der Waals surface area contributed by atoms with Crippen molar-refractivity contribution in [2.45, 2.75) is 50.8 Å². The average Bonchev–Trinajstić information content (AvgIpc) is 2.45. The Hall–Kier alpha value is -1.47. The number of rotatable bonds is 7. The molecule has 22 heavy (non-hydrogen) atoms. The van der Waals surface area contributed by atoms with Crippen molar-refractivity contribution < 1.29 is 27.6 Å². The first kappa shape index (κ1) is 18.6. The normalized spacial score (nSPS) is 13.0. The van der Waals surface area contributed by atoms with E-state index in [1.54, 1.807) is 0 Å². The first-order valence-corrected chi connectivity index (χ1v) is 8.60. The van der Waals surface area contributed by atoms with Crippen LogP contribution in [0.5, 0.6) is 17.2 Å². The Morgan fingerprint density at radius 2 is 1.73 bits per heavy atom. The van der Waals surface area contributed by atoms with Crippen LogP contribution in [0.1, 0.15) is 50.7 Å². The Morgan fingerprint density at radius 1 is 1.18 bits per heavy atom. The number of ether oxygens (including phenoxy) is 2. The molecular formula is C15H23O6S-. The topological polar surface area (TPSA) is 95.9 Å². The molecule has 0 fully saturated rings. The Morgan fingerprint density at radius 3 is 2.09 bits per heavy atom. The highest BCUT2D eigenvalue weighted by Crippen LogP contribution is 2.49. The Kier molecular flexibility index (Phi) is 6.08. The van der Waals surface area contributed by atoms with E-state index < -0.39 is 15.0 Å². The molecule has 7 heteroatoms. The zero-order valence-electron chi connectivity index (χ0n) is 13.6. The molecule has 0 spiro atoms. The second-order valence-corrected chi connectivity index (χ2v) is 6.47. The molecule has 0 aromatic heterocycles. The van der Waals surface area contributed by atoms with Crippen molar-refractivity contribution >= 4 is 10.1 Å². The van der Waals surface area contributed by atoms with Crippen LogP contribution < -0.4 is 9.47 Å². The third kappa shape index (κ3) is 3.30. The lowest BCUT2D eigenvalue weighted by atomic mass is 9.93. The van der Waals surface area contributed by atoms with Crippen LogP contribution in [-0.4, -0.2) is 32.3 Å². The van der Waals surface area contributed by atoms with E-state index in [1.165, 1.54) is 14.2 Å². The lowest BCUT2D eigenvalue weighted by Gasteiger charge is -2.25. The van der Waals surface area contributed by atoms with E-state index in [0.717, 1.165) is 0 Å². The molecule has 0 heterocycles. The van der Waals surface area contributed by atoms with Crippen molar-refractivity contribution in [3.8, 4) is 17.2 Å². The van der Waals surface area contributed by atoms with Crippen molar-refractivity contribution in [2.75, 3.05) is 14.2 Å². The van der Waals surface area contributed by atoms with Gasteiger partial charge in [0.25, 0.3) is 0 Å². The Bertz CT molecular complexity index is 636. The van der Waals surface area contributed by atoms with Gasteiger partial charge in [-0.15, -0.1) is 0 Å². The molecule has 1 atom stereocenters. The summed E-state index contributed by atoms with van der Waals surface area (Å²) in [5, 5.41) is 10.5. The van der Waals surface area contributed by atoms with Crippen LogP contribution >= 0.6 is 0 Å². The molecule has 1 N–H and O–H groups in total. The van der Waals surface area contributed by atoms with Gasteiger partial charge in [0.1, 0.15) is 20.8 Å². The number of hydrogen-bond donors (Lipinski definition) is 1.